The van der Waals surface area contributed by atoms with Crippen LogP contribution in [0, 0.1) is 24.4 Å². The van der Waals surface area contributed by atoms with Crippen molar-refractivity contribution in [3.05, 3.63) is 88.7 Å². The summed E-state index contributed by atoms with van der Waals surface area (Å²) in [5.74, 6) is -1.66. The molecule has 1 aliphatic rings. The quantitative estimate of drug-likeness (QED) is 0.261. The number of benzene rings is 3. The van der Waals surface area contributed by atoms with Gasteiger partial charge in [-0.1, -0.05) is 80.6 Å². The highest BCUT2D eigenvalue weighted by atomic mass is 19.2. The van der Waals surface area contributed by atoms with E-state index in [-0.39, 0.29) is 29.5 Å². The number of hydrogen-bond acceptors (Lipinski definition) is 2. The summed E-state index contributed by atoms with van der Waals surface area (Å²) in [4.78, 5) is 0. The van der Waals surface area contributed by atoms with Crippen LogP contribution in [0.4, 0.5) is 13.2 Å². The molecule has 0 saturated carbocycles. The topological polar surface area (TPSA) is 18.5 Å². The molecule has 1 saturated heterocycles. The van der Waals surface area contributed by atoms with Crippen molar-refractivity contribution in [1.82, 2.24) is 0 Å². The standard InChI is InChI=1S/C31H35F3O2/c1-3-4-5-6-7-18-35-24-13-14-25(28(32)19-24)23-12-17-29(36-20-23)27-16-15-26(30(33)31(27)34)22-10-8-21(2)9-11-22/h8-11,13-16,19,23,29H,3-7,12,17-18,20H2,1-2H3. The molecule has 0 spiro atoms. The van der Waals surface area contributed by atoms with E-state index in [1.807, 2.05) is 19.1 Å². The second-order valence-electron chi connectivity index (χ2n) is 9.74. The number of aryl methyl sites for hydroxylation is 1. The summed E-state index contributed by atoms with van der Waals surface area (Å²) in [5, 5.41) is 0. The van der Waals surface area contributed by atoms with E-state index < -0.39 is 17.7 Å². The third-order valence-electron chi connectivity index (χ3n) is 7.03. The van der Waals surface area contributed by atoms with Crippen LogP contribution in [0.15, 0.2) is 54.6 Å². The van der Waals surface area contributed by atoms with E-state index in [4.69, 9.17) is 9.47 Å². The Morgan fingerprint density at radius 1 is 0.833 bits per heavy atom. The Kier molecular flexibility index (Phi) is 9.08. The van der Waals surface area contributed by atoms with E-state index in [0.717, 1.165) is 18.4 Å². The predicted molar refractivity (Wildman–Crippen MR) is 138 cm³/mol. The Balaban J connectivity index is 1.35. The Morgan fingerprint density at radius 3 is 2.28 bits per heavy atom. The first-order chi connectivity index (χ1) is 17.5. The Bertz CT molecular complexity index is 1140. The van der Waals surface area contributed by atoms with Crippen LogP contribution < -0.4 is 4.74 Å². The van der Waals surface area contributed by atoms with Crippen molar-refractivity contribution >= 4 is 0 Å². The fourth-order valence-corrected chi connectivity index (χ4v) is 4.84. The maximum absolute atomic E-state index is 15.0. The van der Waals surface area contributed by atoms with E-state index in [1.165, 1.54) is 25.3 Å². The summed E-state index contributed by atoms with van der Waals surface area (Å²) in [7, 11) is 0. The molecule has 0 aliphatic carbocycles. The molecule has 0 N–H and O–H groups in total. The van der Waals surface area contributed by atoms with Gasteiger partial charge in [-0.2, -0.15) is 0 Å². The zero-order chi connectivity index (χ0) is 25.5. The van der Waals surface area contributed by atoms with Gasteiger partial charge in [-0.05, 0) is 43.4 Å². The Morgan fingerprint density at radius 2 is 1.58 bits per heavy atom. The summed E-state index contributed by atoms with van der Waals surface area (Å²) in [6.07, 6.45) is 6.27. The lowest BCUT2D eigenvalue weighted by molar-refractivity contribution is -0.000546. The van der Waals surface area contributed by atoms with Gasteiger partial charge in [0.05, 0.1) is 19.3 Å². The molecule has 36 heavy (non-hydrogen) atoms. The summed E-state index contributed by atoms with van der Waals surface area (Å²) in [5.41, 5.74) is 2.70. The highest BCUT2D eigenvalue weighted by Crippen LogP contribution is 2.39. The third-order valence-corrected chi connectivity index (χ3v) is 7.03. The van der Waals surface area contributed by atoms with Crippen molar-refractivity contribution in [2.24, 2.45) is 0 Å². The van der Waals surface area contributed by atoms with Crippen LogP contribution in [-0.4, -0.2) is 13.2 Å². The first kappa shape index (κ1) is 26.3. The predicted octanol–water partition coefficient (Wildman–Crippen LogP) is 9.06. The van der Waals surface area contributed by atoms with E-state index >= 15 is 0 Å². The molecule has 2 atom stereocenters. The minimum absolute atomic E-state index is 0.135. The van der Waals surface area contributed by atoms with Gasteiger partial charge in [0.25, 0.3) is 0 Å². The minimum Gasteiger partial charge on any atom is -0.493 e. The maximum Gasteiger partial charge on any atom is 0.167 e. The van der Waals surface area contributed by atoms with Gasteiger partial charge in [-0.3, -0.25) is 0 Å². The molecular weight excluding hydrogens is 461 g/mol. The second kappa shape index (κ2) is 12.4. The summed E-state index contributed by atoms with van der Waals surface area (Å²) >= 11 is 0. The number of rotatable bonds is 10. The molecule has 2 nitrogen and oxygen atoms in total. The van der Waals surface area contributed by atoms with E-state index in [0.29, 0.717) is 36.3 Å². The van der Waals surface area contributed by atoms with Gasteiger partial charge in [0.1, 0.15) is 11.6 Å². The van der Waals surface area contributed by atoms with Crippen molar-refractivity contribution in [3.63, 3.8) is 0 Å². The zero-order valence-electron chi connectivity index (χ0n) is 21.2. The van der Waals surface area contributed by atoms with E-state index in [1.54, 1.807) is 36.4 Å². The van der Waals surface area contributed by atoms with Gasteiger partial charge < -0.3 is 9.47 Å². The smallest absolute Gasteiger partial charge is 0.167 e. The number of hydrogen-bond donors (Lipinski definition) is 0. The van der Waals surface area contributed by atoms with Crippen molar-refractivity contribution in [2.75, 3.05) is 13.2 Å². The highest BCUT2D eigenvalue weighted by Gasteiger charge is 2.29. The average molecular weight is 497 g/mol. The Hall–Kier alpha value is -2.79. The second-order valence-corrected chi connectivity index (χ2v) is 9.74. The Labute approximate surface area is 212 Å². The number of ether oxygens (including phenoxy) is 2. The van der Waals surface area contributed by atoms with Crippen LogP contribution in [-0.2, 0) is 4.74 Å². The van der Waals surface area contributed by atoms with Crippen LogP contribution in [0.2, 0.25) is 0 Å². The van der Waals surface area contributed by atoms with Gasteiger partial charge in [0.15, 0.2) is 11.6 Å². The van der Waals surface area contributed by atoms with E-state index in [9.17, 15) is 13.2 Å². The van der Waals surface area contributed by atoms with E-state index in [2.05, 4.69) is 6.92 Å². The molecule has 1 heterocycles. The summed E-state index contributed by atoms with van der Waals surface area (Å²) < 4.78 is 56.4. The molecule has 0 bridgehead atoms. The molecule has 0 radical (unpaired) electrons. The molecule has 1 aliphatic heterocycles. The molecule has 0 aromatic heterocycles. The first-order valence-electron chi connectivity index (χ1n) is 13.1. The van der Waals surface area contributed by atoms with Crippen LogP contribution in [0.5, 0.6) is 5.75 Å². The molecule has 4 rings (SSSR count). The van der Waals surface area contributed by atoms with Gasteiger partial charge in [0, 0.05) is 23.1 Å². The third kappa shape index (κ3) is 6.31. The van der Waals surface area contributed by atoms with Crippen LogP contribution in [0.3, 0.4) is 0 Å². The van der Waals surface area contributed by atoms with Gasteiger partial charge in [-0.15, -0.1) is 0 Å². The monoisotopic (exact) mass is 496 g/mol. The van der Waals surface area contributed by atoms with Gasteiger partial charge in [-0.25, -0.2) is 13.2 Å². The summed E-state index contributed by atoms with van der Waals surface area (Å²) in [6.45, 7) is 4.96. The lowest BCUT2D eigenvalue weighted by Crippen LogP contribution is -2.21. The highest BCUT2D eigenvalue weighted by molar-refractivity contribution is 5.65. The van der Waals surface area contributed by atoms with Crippen LogP contribution >= 0.6 is 0 Å². The minimum atomic E-state index is -0.876. The fourth-order valence-electron chi connectivity index (χ4n) is 4.84. The molecule has 3 aromatic carbocycles. The van der Waals surface area contributed by atoms with Crippen molar-refractivity contribution < 1.29 is 22.6 Å². The lowest BCUT2D eigenvalue weighted by Gasteiger charge is -2.30. The molecule has 3 aromatic rings. The fraction of sp³-hybridized carbons (Fsp3) is 0.419. The van der Waals surface area contributed by atoms with Crippen molar-refractivity contribution in [3.8, 4) is 16.9 Å². The molecule has 1 fully saturated rings. The molecule has 192 valence electrons. The maximum atomic E-state index is 15.0. The molecular formula is C31H35F3O2. The molecule has 0 amide bonds. The SMILES string of the molecule is CCCCCCCOc1ccc(C2CCC(c3ccc(-c4ccc(C)cc4)c(F)c3F)OC2)c(F)c1. The van der Waals surface area contributed by atoms with Gasteiger partial charge >= 0.3 is 0 Å². The van der Waals surface area contributed by atoms with Crippen molar-refractivity contribution in [2.45, 2.75) is 70.8 Å². The number of unbranched alkanes of at least 4 members (excludes halogenated alkanes) is 4. The van der Waals surface area contributed by atoms with Gasteiger partial charge in [0.2, 0.25) is 0 Å². The van der Waals surface area contributed by atoms with Crippen LogP contribution in [0.25, 0.3) is 11.1 Å². The number of halogens is 3. The van der Waals surface area contributed by atoms with Crippen LogP contribution in [0.1, 0.15) is 80.6 Å². The normalized spacial score (nSPS) is 17.8. The summed E-state index contributed by atoms with van der Waals surface area (Å²) in [6, 6.07) is 15.5. The average Bonchev–Trinajstić information content (AvgIpc) is 2.89. The molecule has 2 unspecified atom stereocenters. The zero-order valence-corrected chi connectivity index (χ0v) is 21.2. The molecule has 5 heteroatoms. The lowest BCUT2D eigenvalue weighted by atomic mass is 9.88. The first-order valence-corrected chi connectivity index (χ1v) is 13.1. The largest absolute Gasteiger partial charge is 0.493 e. The van der Waals surface area contributed by atoms with Crippen molar-refractivity contribution in [1.29, 1.82) is 0 Å².